The Bertz CT molecular complexity index is 565. The highest BCUT2D eigenvalue weighted by Gasteiger charge is 2.30. The van der Waals surface area contributed by atoms with Crippen molar-refractivity contribution in [2.45, 2.75) is 25.7 Å². The third-order valence-electron chi connectivity index (χ3n) is 3.06. The molecular weight excluding hydrogens is 216 g/mol. The van der Waals surface area contributed by atoms with Gasteiger partial charge in [0.2, 0.25) is 0 Å². The number of nitro groups is 1. The summed E-state index contributed by atoms with van der Waals surface area (Å²) in [6, 6.07) is 6.97. The van der Waals surface area contributed by atoms with E-state index in [4.69, 9.17) is 5.26 Å². The number of hydrogen-bond donors (Lipinski definition) is 0. The van der Waals surface area contributed by atoms with E-state index in [9.17, 15) is 10.1 Å². The van der Waals surface area contributed by atoms with Crippen LogP contribution in [-0.2, 0) is 5.41 Å². The van der Waals surface area contributed by atoms with Gasteiger partial charge in [0.25, 0.3) is 5.69 Å². The minimum atomic E-state index is -0.407. The van der Waals surface area contributed by atoms with Gasteiger partial charge in [0.1, 0.15) is 0 Å². The molecule has 0 saturated heterocycles. The number of rotatable bonds is 2. The molecule has 0 aliphatic heterocycles. The molecule has 1 aliphatic rings. The number of hydrogen-bond acceptors (Lipinski definition) is 3. The molecule has 4 nitrogen and oxygen atoms in total. The van der Waals surface area contributed by atoms with E-state index >= 15 is 0 Å². The van der Waals surface area contributed by atoms with Gasteiger partial charge in [-0.15, -0.1) is 0 Å². The molecule has 0 amide bonds. The van der Waals surface area contributed by atoms with Gasteiger partial charge in [-0.2, -0.15) is 5.26 Å². The molecule has 0 heterocycles. The average molecular weight is 228 g/mol. The van der Waals surface area contributed by atoms with Gasteiger partial charge in [0.05, 0.1) is 17.4 Å². The van der Waals surface area contributed by atoms with Gasteiger partial charge in [0, 0.05) is 17.5 Å². The molecule has 86 valence electrons. The zero-order chi connectivity index (χ0) is 12.6. The van der Waals surface area contributed by atoms with Crippen molar-refractivity contribution in [2.24, 2.45) is 0 Å². The number of nitrogens with zero attached hydrogens (tertiary/aromatic N) is 2. The molecule has 0 radical (unpaired) electrons. The Morgan fingerprint density at radius 2 is 2.18 bits per heavy atom. The van der Waals surface area contributed by atoms with Crippen molar-refractivity contribution < 1.29 is 4.92 Å². The van der Waals surface area contributed by atoms with Crippen LogP contribution in [0.3, 0.4) is 0 Å². The highest BCUT2D eigenvalue weighted by molar-refractivity contribution is 5.78. The van der Waals surface area contributed by atoms with Gasteiger partial charge >= 0.3 is 0 Å². The molecule has 0 N–H and O–H groups in total. The molecule has 0 fully saturated rings. The highest BCUT2D eigenvalue weighted by atomic mass is 16.6. The number of allylic oxidation sites excluding steroid dienone is 2. The van der Waals surface area contributed by atoms with E-state index in [1.54, 1.807) is 12.1 Å². The van der Waals surface area contributed by atoms with Gasteiger partial charge in [0.15, 0.2) is 0 Å². The second-order valence-corrected chi connectivity index (χ2v) is 4.71. The van der Waals surface area contributed by atoms with Crippen molar-refractivity contribution in [1.82, 2.24) is 0 Å². The molecule has 0 spiro atoms. The second kappa shape index (κ2) is 3.70. The zero-order valence-electron chi connectivity index (χ0n) is 9.73. The molecule has 1 aromatic carbocycles. The summed E-state index contributed by atoms with van der Waals surface area (Å²) < 4.78 is 0. The van der Waals surface area contributed by atoms with Gasteiger partial charge in [-0.05, 0) is 16.7 Å². The van der Waals surface area contributed by atoms with Crippen molar-refractivity contribution in [3.63, 3.8) is 0 Å². The topological polar surface area (TPSA) is 66.9 Å². The SMILES string of the molecule is CC1(C)C=C(CC#N)c2cc([N+](=O)[O-])ccc21. The third kappa shape index (κ3) is 1.80. The highest BCUT2D eigenvalue weighted by Crippen LogP contribution is 2.42. The standard InChI is InChI=1S/C13H12N2O2/c1-13(2)8-9(5-6-14)11-7-10(15(16)17)3-4-12(11)13/h3-4,7-8H,5H2,1-2H3. The van der Waals surface area contributed by atoms with Crippen LogP contribution in [0.4, 0.5) is 5.69 Å². The molecule has 0 aromatic heterocycles. The van der Waals surface area contributed by atoms with Crippen LogP contribution in [0.5, 0.6) is 0 Å². The molecule has 0 unspecified atom stereocenters. The van der Waals surface area contributed by atoms with Gasteiger partial charge < -0.3 is 0 Å². The lowest BCUT2D eigenvalue weighted by molar-refractivity contribution is -0.384. The summed E-state index contributed by atoms with van der Waals surface area (Å²) in [6.07, 6.45) is 2.31. The smallest absolute Gasteiger partial charge is 0.258 e. The van der Waals surface area contributed by atoms with Gasteiger partial charge in [-0.25, -0.2) is 0 Å². The number of fused-ring (bicyclic) bond motifs is 1. The Balaban J connectivity index is 2.58. The van der Waals surface area contributed by atoms with Crippen LogP contribution >= 0.6 is 0 Å². The summed E-state index contributed by atoms with van der Waals surface area (Å²) >= 11 is 0. The Hall–Kier alpha value is -2.15. The van der Waals surface area contributed by atoms with E-state index in [2.05, 4.69) is 6.07 Å². The minimum absolute atomic E-state index is 0.0743. The Morgan fingerprint density at radius 1 is 1.47 bits per heavy atom. The number of benzene rings is 1. The molecule has 0 bridgehead atoms. The summed E-state index contributed by atoms with van der Waals surface area (Å²) in [4.78, 5) is 10.3. The first-order valence-corrected chi connectivity index (χ1v) is 5.33. The Morgan fingerprint density at radius 3 is 2.76 bits per heavy atom. The predicted molar refractivity (Wildman–Crippen MR) is 64.3 cm³/mol. The van der Waals surface area contributed by atoms with Crippen molar-refractivity contribution in [3.05, 3.63) is 45.5 Å². The van der Waals surface area contributed by atoms with E-state index in [-0.39, 0.29) is 17.5 Å². The molecule has 1 aromatic rings. The molecule has 1 aliphatic carbocycles. The second-order valence-electron chi connectivity index (χ2n) is 4.71. The third-order valence-corrected chi connectivity index (χ3v) is 3.06. The van der Waals surface area contributed by atoms with Crippen LogP contribution < -0.4 is 0 Å². The van der Waals surface area contributed by atoms with Crippen LogP contribution in [0.15, 0.2) is 24.3 Å². The molecule has 0 atom stereocenters. The first-order valence-electron chi connectivity index (χ1n) is 5.33. The summed E-state index contributed by atoms with van der Waals surface area (Å²) in [6.45, 7) is 4.09. The lowest BCUT2D eigenvalue weighted by Crippen LogP contribution is -2.10. The molecular formula is C13H12N2O2. The van der Waals surface area contributed by atoms with Crippen LogP contribution in [0.1, 0.15) is 31.4 Å². The van der Waals surface area contributed by atoms with Crippen molar-refractivity contribution >= 4 is 11.3 Å². The van der Waals surface area contributed by atoms with E-state index in [1.807, 2.05) is 19.9 Å². The van der Waals surface area contributed by atoms with Crippen LogP contribution in [-0.4, -0.2) is 4.92 Å². The van der Waals surface area contributed by atoms with Crippen LogP contribution in [0.2, 0.25) is 0 Å². The number of nitriles is 1. The van der Waals surface area contributed by atoms with E-state index < -0.39 is 4.92 Å². The van der Waals surface area contributed by atoms with Crippen molar-refractivity contribution in [1.29, 1.82) is 5.26 Å². The Labute approximate surface area is 99.3 Å². The maximum Gasteiger partial charge on any atom is 0.270 e. The van der Waals surface area contributed by atoms with E-state index in [0.717, 1.165) is 16.7 Å². The zero-order valence-corrected chi connectivity index (χ0v) is 9.73. The minimum Gasteiger partial charge on any atom is -0.258 e. The van der Waals surface area contributed by atoms with Crippen molar-refractivity contribution in [3.8, 4) is 6.07 Å². The summed E-state index contributed by atoms with van der Waals surface area (Å²) in [7, 11) is 0. The first kappa shape index (κ1) is 11.3. The average Bonchev–Trinajstić information content (AvgIpc) is 2.51. The van der Waals surface area contributed by atoms with Crippen LogP contribution in [0, 0.1) is 21.4 Å². The maximum absolute atomic E-state index is 10.7. The fourth-order valence-corrected chi connectivity index (χ4v) is 2.30. The molecule has 2 rings (SSSR count). The quantitative estimate of drug-likeness (QED) is 0.576. The van der Waals surface area contributed by atoms with E-state index in [0.29, 0.717) is 0 Å². The van der Waals surface area contributed by atoms with Gasteiger partial charge in [-0.1, -0.05) is 26.0 Å². The van der Waals surface area contributed by atoms with Gasteiger partial charge in [-0.3, -0.25) is 10.1 Å². The fraction of sp³-hybridized carbons (Fsp3) is 0.308. The summed E-state index contributed by atoms with van der Waals surface area (Å²) in [5.41, 5.74) is 2.69. The molecule has 0 saturated carbocycles. The number of nitro benzene ring substituents is 1. The predicted octanol–water partition coefficient (Wildman–Crippen LogP) is 3.18. The summed E-state index contributed by atoms with van der Waals surface area (Å²) in [5, 5.41) is 19.5. The largest absolute Gasteiger partial charge is 0.270 e. The van der Waals surface area contributed by atoms with E-state index in [1.165, 1.54) is 6.07 Å². The maximum atomic E-state index is 10.7. The van der Waals surface area contributed by atoms with Crippen LogP contribution in [0.25, 0.3) is 5.57 Å². The Kier molecular flexibility index (Phi) is 2.47. The molecule has 17 heavy (non-hydrogen) atoms. The van der Waals surface area contributed by atoms with Crippen molar-refractivity contribution in [2.75, 3.05) is 0 Å². The normalized spacial score (nSPS) is 15.9. The number of non-ortho nitro benzene ring substituents is 1. The lowest BCUT2D eigenvalue weighted by atomic mass is 9.87. The lowest BCUT2D eigenvalue weighted by Gasteiger charge is -2.16. The monoisotopic (exact) mass is 228 g/mol. The fourth-order valence-electron chi connectivity index (χ4n) is 2.30. The molecule has 4 heteroatoms. The first-order chi connectivity index (χ1) is 7.95. The summed E-state index contributed by atoms with van der Waals surface area (Å²) in [5.74, 6) is 0.